The fourth-order valence-electron chi connectivity index (χ4n) is 0.677. The molecule has 0 saturated heterocycles. The maximum atomic E-state index is 3.00. The van der Waals surface area contributed by atoms with E-state index in [-0.39, 0.29) is 0 Å². The molecule has 0 aliphatic heterocycles. The van der Waals surface area contributed by atoms with E-state index in [9.17, 15) is 0 Å². The molecular formula is C11H24. The van der Waals surface area contributed by atoms with Gasteiger partial charge >= 0.3 is 0 Å². The molecular weight excluding hydrogens is 132 g/mol. The van der Waals surface area contributed by atoms with E-state index in [0.717, 1.165) is 0 Å². The SMILES string of the molecule is C=C.C=C.CCCCCCC. The van der Waals surface area contributed by atoms with E-state index in [4.69, 9.17) is 0 Å². The summed E-state index contributed by atoms with van der Waals surface area (Å²) in [5.41, 5.74) is 0. The van der Waals surface area contributed by atoms with Gasteiger partial charge in [0.1, 0.15) is 0 Å². The molecule has 0 nitrogen and oxygen atoms in total. The Labute approximate surface area is 73.0 Å². The maximum absolute atomic E-state index is 3.00. The molecule has 0 N–H and O–H groups in total. The smallest absolute Gasteiger partial charge is 0.0533 e. The molecule has 0 spiro atoms. The van der Waals surface area contributed by atoms with Crippen molar-refractivity contribution in [2.24, 2.45) is 0 Å². The molecule has 0 fully saturated rings. The molecule has 0 aliphatic carbocycles. The van der Waals surface area contributed by atoms with Crippen molar-refractivity contribution in [1.82, 2.24) is 0 Å². The zero-order valence-corrected chi connectivity index (χ0v) is 8.36. The highest BCUT2D eigenvalue weighted by Gasteiger charge is 1.80. The van der Waals surface area contributed by atoms with E-state index in [1.807, 2.05) is 0 Å². The standard InChI is InChI=1S/C7H16.2C2H4/c1-3-5-7-6-4-2;2*1-2/h3-7H2,1-2H3;2*1-2H2. The molecule has 0 unspecified atom stereocenters. The largest absolute Gasteiger partial charge is 0.106 e. The van der Waals surface area contributed by atoms with E-state index >= 15 is 0 Å². The molecule has 0 aromatic rings. The number of rotatable bonds is 4. The average Bonchev–Trinajstić information content (AvgIpc) is 2.13. The Morgan fingerprint density at radius 2 is 0.909 bits per heavy atom. The van der Waals surface area contributed by atoms with E-state index in [1.165, 1.54) is 32.1 Å². The summed E-state index contributed by atoms with van der Waals surface area (Å²) in [6, 6.07) is 0. The van der Waals surface area contributed by atoms with Crippen molar-refractivity contribution in [3.05, 3.63) is 26.3 Å². The van der Waals surface area contributed by atoms with Gasteiger partial charge in [0.25, 0.3) is 0 Å². The lowest BCUT2D eigenvalue weighted by Gasteiger charge is -1.90. The molecule has 0 amide bonds. The van der Waals surface area contributed by atoms with Gasteiger partial charge in [0.05, 0.1) is 0 Å². The minimum Gasteiger partial charge on any atom is -0.106 e. The molecule has 11 heavy (non-hydrogen) atoms. The summed E-state index contributed by atoms with van der Waals surface area (Å²) in [5, 5.41) is 0. The van der Waals surface area contributed by atoms with Crippen LogP contribution < -0.4 is 0 Å². The molecule has 0 atom stereocenters. The van der Waals surface area contributed by atoms with Crippen LogP contribution in [0.4, 0.5) is 0 Å². The quantitative estimate of drug-likeness (QED) is 0.413. The van der Waals surface area contributed by atoms with Crippen LogP contribution in [-0.4, -0.2) is 0 Å². The van der Waals surface area contributed by atoms with Gasteiger partial charge in [-0.25, -0.2) is 0 Å². The van der Waals surface area contributed by atoms with Crippen LogP contribution in [0, 0.1) is 0 Å². The second-order valence-corrected chi connectivity index (χ2v) is 2.06. The lowest BCUT2D eigenvalue weighted by Crippen LogP contribution is -1.70. The zero-order valence-electron chi connectivity index (χ0n) is 8.36. The highest BCUT2D eigenvalue weighted by molar-refractivity contribution is 4.35. The number of unbranched alkanes of at least 4 members (excludes halogenated alkanes) is 4. The molecule has 0 saturated carbocycles. The van der Waals surface area contributed by atoms with Crippen LogP contribution in [0.2, 0.25) is 0 Å². The van der Waals surface area contributed by atoms with Gasteiger partial charge in [-0.1, -0.05) is 46.0 Å². The van der Waals surface area contributed by atoms with Crippen molar-refractivity contribution in [3.8, 4) is 0 Å². The Kier molecular flexibility index (Phi) is 52.0. The fraction of sp³-hybridized carbons (Fsp3) is 0.636. The Hall–Kier alpha value is -0.520. The fourth-order valence-corrected chi connectivity index (χ4v) is 0.677. The van der Waals surface area contributed by atoms with Gasteiger partial charge in [-0.15, -0.1) is 26.3 Å². The second kappa shape index (κ2) is 34.0. The van der Waals surface area contributed by atoms with Gasteiger partial charge in [-0.05, 0) is 0 Å². The Bertz CT molecular complexity index is 33.3. The van der Waals surface area contributed by atoms with Crippen LogP contribution in [0.25, 0.3) is 0 Å². The molecule has 0 aromatic heterocycles. The normalized spacial score (nSPS) is 6.73. The lowest BCUT2D eigenvalue weighted by molar-refractivity contribution is 0.656. The first-order valence-corrected chi connectivity index (χ1v) is 4.41. The van der Waals surface area contributed by atoms with E-state index < -0.39 is 0 Å². The minimum absolute atomic E-state index is 1.36. The average molecular weight is 156 g/mol. The van der Waals surface area contributed by atoms with Crippen molar-refractivity contribution < 1.29 is 0 Å². The van der Waals surface area contributed by atoms with E-state index in [2.05, 4.69) is 40.2 Å². The molecule has 0 aromatic carbocycles. The second-order valence-electron chi connectivity index (χ2n) is 2.06. The predicted octanol–water partition coefficient (Wildman–Crippen LogP) is 4.58. The third-order valence-corrected chi connectivity index (χ3v) is 1.21. The monoisotopic (exact) mass is 156 g/mol. The van der Waals surface area contributed by atoms with Gasteiger partial charge in [0, 0.05) is 0 Å². The lowest BCUT2D eigenvalue weighted by atomic mass is 10.2. The molecule has 0 radical (unpaired) electrons. The highest BCUT2D eigenvalue weighted by atomic mass is 13.9. The molecule has 0 heterocycles. The van der Waals surface area contributed by atoms with Crippen LogP contribution in [0.3, 0.4) is 0 Å². The van der Waals surface area contributed by atoms with Gasteiger partial charge < -0.3 is 0 Å². The summed E-state index contributed by atoms with van der Waals surface area (Å²) in [6.07, 6.45) is 7.01. The molecule has 68 valence electrons. The summed E-state index contributed by atoms with van der Waals surface area (Å²) >= 11 is 0. The summed E-state index contributed by atoms with van der Waals surface area (Å²) in [7, 11) is 0. The summed E-state index contributed by atoms with van der Waals surface area (Å²) < 4.78 is 0. The van der Waals surface area contributed by atoms with Crippen molar-refractivity contribution in [1.29, 1.82) is 0 Å². The highest BCUT2D eigenvalue weighted by Crippen LogP contribution is 2.00. The Morgan fingerprint density at radius 1 is 0.636 bits per heavy atom. The Balaban J connectivity index is -0.000000138. The van der Waals surface area contributed by atoms with E-state index in [0.29, 0.717) is 0 Å². The molecule has 0 rings (SSSR count). The molecule has 0 aliphatic rings. The predicted molar refractivity (Wildman–Crippen MR) is 56.9 cm³/mol. The molecule has 0 bridgehead atoms. The van der Waals surface area contributed by atoms with Crippen molar-refractivity contribution in [3.63, 3.8) is 0 Å². The first kappa shape index (κ1) is 16.8. The number of hydrogen-bond acceptors (Lipinski definition) is 0. The maximum Gasteiger partial charge on any atom is -0.0533 e. The van der Waals surface area contributed by atoms with E-state index in [1.54, 1.807) is 0 Å². The van der Waals surface area contributed by atoms with Crippen LogP contribution >= 0.6 is 0 Å². The van der Waals surface area contributed by atoms with Gasteiger partial charge in [0.15, 0.2) is 0 Å². The van der Waals surface area contributed by atoms with Crippen molar-refractivity contribution in [2.75, 3.05) is 0 Å². The summed E-state index contributed by atoms with van der Waals surface area (Å²) in [6.45, 7) is 16.5. The van der Waals surface area contributed by atoms with Gasteiger partial charge in [-0.3, -0.25) is 0 Å². The van der Waals surface area contributed by atoms with Gasteiger partial charge in [0.2, 0.25) is 0 Å². The zero-order chi connectivity index (χ0) is 9.54. The number of hydrogen-bond donors (Lipinski definition) is 0. The third kappa shape index (κ3) is 43.8. The van der Waals surface area contributed by atoms with Crippen LogP contribution in [-0.2, 0) is 0 Å². The minimum atomic E-state index is 1.36. The summed E-state index contributed by atoms with van der Waals surface area (Å²) in [4.78, 5) is 0. The van der Waals surface area contributed by atoms with Crippen LogP contribution in [0.5, 0.6) is 0 Å². The Morgan fingerprint density at radius 3 is 1.09 bits per heavy atom. The first-order valence-electron chi connectivity index (χ1n) is 4.41. The summed E-state index contributed by atoms with van der Waals surface area (Å²) in [5.74, 6) is 0. The van der Waals surface area contributed by atoms with Crippen LogP contribution in [0.1, 0.15) is 46.0 Å². The first-order chi connectivity index (χ1) is 5.41. The topological polar surface area (TPSA) is 0 Å². The molecule has 0 heteroatoms. The van der Waals surface area contributed by atoms with Crippen molar-refractivity contribution >= 4 is 0 Å². The van der Waals surface area contributed by atoms with Crippen LogP contribution in [0.15, 0.2) is 26.3 Å². The van der Waals surface area contributed by atoms with Crippen molar-refractivity contribution in [2.45, 2.75) is 46.0 Å². The third-order valence-electron chi connectivity index (χ3n) is 1.21. The van der Waals surface area contributed by atoms with Gasteiger partial charge in [-0.2, -0.15) is 0 Å².